The molecule has 0 amide bonds. The molecular formula is C10H9F3N4. The summed E-state index contributed by atoms with van der Waals surface area (Å²) < 4.78 is 40.4. The van der Waals surface area contributed by atoms with Crippen molar-refractivity contribution in [3.63, 3.8) is 0 Å². The van der Waals surface area contributed by atoms with E-state index in [1.54, 1.807) is 0 Å². The summed E-state index contributed by atoms with van der Waals surface area (Å²) in [6.07, 6.45) is 0.697. The van der Waals surface area contributed by atoms with Crippen LogP contribution in [-0.2, 0) is 0 Å². The monoisotopic (exact) mass is 242 g/mol. The molecule has 1 fully saturated rings. The maximum Gasteiger partial charge on any atom is 0.249 e. The van der Waals surface area contributed by atoms with Crippen molar-refractivity contribution in [2.45, 2.75) is 24.7 Å². The van der Waals surface area contributed by atoms with E-state index in [2.05, 4.69) is 10.1 Å². The number of aromatic nitrogens is 3. The molecule has 0 unspecified atom stereocenters. The molecule has 4 nitrogen and oxygen atoms in total. The van der Waals surface area contributed by atoms with Crippen LogP contribution in [0.25, 0.3) is 5.52 Å². The number of hydrogen-bond acceptors (Lipinski definition) is 3. The zero-order valence-electron chi connectivity index (χ0n) is 8.70. The Labute approximate surface area is 94.2 Å². The summed E-state index contributed by atoms with van der Waals surface area (Å²) in [4.78, 5) is 3.67. The number of halogens is 3. The Morgan fingerprint density at radius 1 is 1.41 bits per heavy atom. The lowest BCUT2D eigenvalue weighted by atomic mass is 9.79. The van der Waals surface area contributed by atoms with Gasteiger partial charge in [0, 0.05) is 24.5 Å². The molecule has 1 aliphatic rings. The van der Waals surface area contributed by atoms with Crippen LogP contribution in [0.5, 0.6) is 0 Å². The summed E-state index contributed by atoms with van der Waals surface area (Å²) >= 11 is 0. The van der Waals surface area contributed by atoms with Crippen LogP contribution in [-0.4, -0.2) is 20.5 Å². The van der Waals surface area contributed by atoms with Gasteiger partial charge in [0.25, 0.3) is 0 Å². The number of nitrogens with two attached hydrogens (primary N) is 1. The van der Waals surface area contributed by atoms with Gasteiger partial charge in [-0.15, -0.1) is 5.10 Å². The summed E-state index contributed by atoms with van der Waals surface area (Å²) in [7, 11) is 0. The molecule has 0 saturated heterocycles. The van der Waals surface area contributed by atoms with Crippen molar-refractivity contribution in [2.24, 2.45) is 0 Å². The van der Waals surface area contributed by atoms with E-state index in [9.17, 15) is 13.2 Å². The van der Waals surface area contributed by atoms with Crippen molar-refractivity contribution in [3.05, 3.63) is 23.8 Å². The second kappa shape index (κ2) is 3.12. The number of rotatable bonds is 1. The molecule has 2 N–H and O–H groups in total. The highest BCUT2D eigenvalue weighted by molar-refractivity contribution is 5.50. The van der Waals surface area contributed by atoms with Crippen LogP contribution in [0.2, 0.25) is 0 Å². The lowest BCUT2D eigenvalue weighted by molar-refractivity contribution is -0.0879. The second-order valence-electron chi connectivity index (χ2n) is 4.29. The molecule has 7 heteroatoms. The molecule has 1 saturated carbocycles. The van der Waals surface area contributed by atoms with Gasteiger partial charge in [0.05, 0.1) is 6.20 Å². The molecule has 1 aliphatic carbocycles. The van der Waals surface area contributed by atoms with Gasteiger partial charge in [-0.2, -0.15) is 0 Å². The minimum atomic E-state index is -2.65. The van der Waals surface area contributed by atoms with Crippen molar-refractivity contribution in [1.82, 2.24) is 14.6 Å². The van der Waals surface area contributed by atoms with Gasteiger partial charge >= 0.3 is 0 Å². The Morgan fingerprint density at radius 3 is 2.76 bits per heavy atom. The second-order valence-corrected chi connectivity index (χ2v) is 4.29. The topological polar surface area (TPSA) is 56.2 Å². The van der Waals surface area contributed by atoms with Gasteiger partial charge in [-0.1, -0.05) is 0 Å². The van der Waals surface area contributed by atoms with E-state index in [0.717, 1.165) is 0 Å². The van der Waals surface area contributed by atoms with E-state index in [1.807, 2.05) is 0 Å². The molecule has 3 rings (SSSR count). The van der Waals surface area contributed by atoms with Crippen molar-refractivity contribution < 1.29 is 13.2 Å². The van der Waals surface area contributed by atoms with Gasteiger partial charge in [0.15, 0.2) is 5.82 Å². The number of anilines is 1. The molecule has 17 heavy (non-hydrogen) atoms. The summed E-state index contributed by atoms with van der Waals surface area (Å²) in [5.41, 5.74) is 5.99. The largest absolute Gasteiger partial charge is 0.367 e. The molecule has 0 atom stereocenters. The lowest BCUT2D eigenvalue weighted by Gasteiger charge is -2.34. The summed E-state index contributed by atoms with van der Waals surface area (Å²) in [6, 6.07) is 1.23. The highest BCUT2D eigenvalue weighted by Crippen LogP contribution is 2.48. The molecular weight excluding hydrogens is 233 g/mol. The maximum absolute atomic E-state index is 13.5. The molecule has 0 radical (unpaired) electrons. The van der Waals surface area contributed by atoms with E-state index in [-0.39, 0.29) is 30.2 Å². The van der Waals surface area contributed by atoms with Crippen LogP contribution < -0.4 is 5.73 Å². The quantitative estimate of drug-likeness (QED) is 0.831. The van der Waals surface area contributed by atoms with E-state index >= 15 is 0 Å². The first-order chi connectivity index (χ1) is 7.96. The van der Waals surface area contributed by atoms with Crippen LogP contribution in [0.4, 0.5) is 19.1 Å². The summed E-state index contributed by atoms with van der Waals surface area (Å²) in [5.74, 6) is -3.56. The van der Waals surface area contributed by atoms with E-state index in [1.165, 1.54) is 16.8 Å². The Morgan fingerprint density at radius 2 is 2.12 bits per heavy atom. The highest BCUT2D eigenvalue weighted by atomic mass is 19.3. The Bertz CT molecular complexity index is 584. The average molecular weight is 242 g/mol. The molecule has 0 bridgehead atoms. The van der Waals surface area contributed by atoms with Crippen molar-refractivity contribution >= 4 is 11.5 Å². The molecule has 0 aliphatic heterocycles. The number of nitrogens with zero attached hydrogens (tertiary/aromatic N) is 3. The number of fused-ring (bicyclic) bond motifs is 1. The van der Waals surface area contributed by atoms with Crippen LogP contribution in [0.1, 0.15) is 24.5 Å². The SMILES string of the molecule is Nc1ncc2c(F)cc(C3CC(F)(F)C3)n2n1. The third-order valence-electron chi connectivity index (χ3n) is 3.02. The number of hydrogen-bond donors (Lipinski definition) is 1. The first-order valence-corrected chi connectivity index (χ1v) is 5.14. The van der Waals surface area contributed by atoms with E-state index in [4.69, 9.17) is 5.73 Å². The van der Waals surface area contributed by atoms with E-state index < -0.39 is 11.7 Å². The van der Waals surface area contributed by atoms with Crippen LogP contribution in [0, 0.1) is 5.82 Å². The van der Waals surface area contributed by atoms with Crippen molar-refractivity contribution in [2.75, 3.05) is 5.73 Å². The third kappa shape index (κ3) is 1.53. The average Bonchev–Trinajstić information content (AvgIpc) is 2.52. The van der Waals surface area contributed by atoms with Gasteiger partial charge in [0.2, 0.25) is 11.9 Å². The molecule has 0 spiro atoms. The molecule has 2 aromatic rings. The zero-order chi connectivity index (χ0) is 12.2. The smallest absolute Gasteiger partial charge is 0.249 e. The predicted octanol–water partition coefficient (Wildman–Crippen LogP) is 1.96. The minimum Gasteiger partial charge on any atom is -0.367 e. The molecule has 0 aromatic carbocycles. The minimum absolute atomic E-state index is 0.0135. The Hall–Kier alpha value is -1.79. The van der Waals surface area contributed by atoms with Crippen molar-refractivity contribution in [3.8, 4) is 0 Å². The normalized spacial score (nSPS) is 19.5. The fourth-order valence-corrected chi connectivity index (χ4v) is 2.15. The van der Waals surface area contributed by atoms with Crippen molar-refractivity contribution in [1.29, 1.82) is 0 Å². The summed E-state index contributed by atoms with van der Waals surface area (Å²) in [5, 5.41) is 3.85. The van der Waals surface area contributed by atoms with Gasteiger partial charge in [-0.3, -0.25) is 0 Å². The predicted molar refractivity (Wildman–Crippen MR) is 54.3 cm³/mol. The van der Waals surface area contributed by atoms with Gasteiger partial charge < -0.3 is 5.73 Å². The Kier molecular flexibility index (Phi) is 1.90. The maximum atomic E-state index is 13.5. The first kappa shape index (κ1) is 10.4. The fourth-order valence-electron chi connectivity index (χ4n) is 2.15. The first-order valence-electron chi connectivity index (χ1n) is 5.14. The summed E-state index contributed by atoms with van der Waals surface area (Å²) in [6.45, 7) is 0. The van der Waals surface area contributed by atoms with Crippen LogP contribution in [0.15, 0.2) is 12.3 Å². The highest BCUT2D eigenvalue weighted by Gasteiger charge is 2.47. The van der Waals surface area contributed by atoms with Gasteiger partial charge in [-0.05, 0) is 6.07 Å². The van der Waals surface area contributed by atoms with Crippen LogP contribution in [0.3, 0.4) is 0 Å². The van der Waals surface area contributed by atoms with Gasteiger partial charge in [-0.25, -0.2) is 22.7 Å². The van der Waals surface area contributed by atoms with Crippen LogP contribution >= 0.6 is 0 Å². The Balaban J connectivity index is 2.08. The molecule has 2 aromatic heterocycles. The van der Waals surface area contributed by atoms with E-state index in [0.29, 0.717) is 5.69 Å². The fraction of sp³-hybridized carbons (Fsp3) is 0.400. The van der Waals surface area contributed by atoms with Gasteiger partial charge in [0.1, 0.15) is 5.52 Å². The lowest BCUT2D eigenvalue weighted by Crippen LogP contribution is -2.34. The molecule has 90 valence electrons. The standard InChI is InChI=1S/C10H9F3N4/c11-6-1-7(5-2-10(12,13)3-5)17-8(6)4-15-9(14)16-17/h1,4-5H,2-3H2,(H2,14,16). The zero-order valence-corrected chi connectivity index (χ0v) is 8.70. The number of nitrogen functional groups attached to an aromatic ring is 1. The number of alkyl halides is 2. The third-order valence-corrected chi connectivity index (χ3v) is 3.02. The molecule has 2 heterocycles.